The molecule has 0 aliphatic carbocycles. The van der Waals surface area contributed by atoms with Crippen LogP contribution in [0.15, 0.2) is 18.2 Å². The van der Waals surface area contributed by atoms with Crippen LogP contribution in [0.1, 0.15) is 56.5 Å². The molecule has 4 nitrogen and oxygen atoms in total. The van der Waals surface area contributed by atoms with Crippen molar-refractivity contribution in [3.63, 3.8) is 0 Å². The van der Waals surface area contributed by atoms with Gasteiger partial charge in [0, 0.05) is 23.8 Å². The van der Waals surface area contributed by atoms with E-state index in [1.54, 1.807) is 13.2 Å². The third-order valence-corrected chi connectivity index (χ3v) is 3.35. The van der Waals surface area contributed by atoms with Gasteiger partial charge in [-0.25, -0.2) is 0 Å². The standard InChI is InChI=1S/C18H29NO3/c1-6-7-14(4)19-18(20)15-8-9-17(21-5)16(10-15)12-22-11-13(2)3/h8-10,13-14H,6-7,11-12H2,1-5H3,(H,19,20)/t14-/m0/s1. The SMILES string of the molecule is CCC[C@H](C)NC(=O)c1ccc(OC)c(COCC(C)C)c1. The van der Waals surface area contributed by atoms with Gasteiger partial charge in [-0.15, -0.1) is 0 Å². The molecule has 0 aliphatic heterocycles. The molecule has 0 radical (unpaired) electrons. The second-order valence-electron chi connectivity index (χ2n) is 6.10. The number of carbonyl (C=O) groups excluding carboxylic acids is 1. The van der Waals surface area contributed by atoms with Crippen LogP contribution in [0, 0.1) is 5.92 Å². The fourth-order valence-corrected chi connectivity index (χ4v) is 2.25. The predicted molar refractivity (Wildman–Crippen MR) is 89.3 cm³/mol. The zero-order valence-electron chi connectivity index (χ0n) is 14.4. The molecule has 1 aromatic rings. The molecule has 1 aromatic carbocycles. The summed E-state index contributed by atoms with van der Waals surface area (Å²) in [7, 11) is 1.63. The first kappa shape index (κ1) is 18.5. The summed E-state index contributed by atoms with van der Waals surface area (Å²) in [6, 6.07) is 5.65. The Bertz CT molecular complexity index is 471. The van der Waals surface area contributed by atoms with Crippen molar-refractivity contribution in [2.75, 3.05) is 13.7 Å². The van der Waals surface area contributed by atoms with Crippen LogP contribution in [0.3, 0.4) is 0 Å². The third-order valence-electron chi connectivity index (χ3n) is 3.35. The second-order valence-corrected chi connectivity index (χ2v) is 6.10. The number of ether oxygens (including phenoxy) is 2. The van der Waals surface area contributed by atoms with Gasteiger partial charge in [0.1, 0.15) is 5.75 Å². The van der Waals surface area contributed by atoms with Crippen molar-refractivity contribution < 1.29 is 14.3 Å². The molecule has 0 bridgehead atoms. The van der Waals surface area contributed by atoms with Crippen LogP contribution in [0.4, 0.5) is 0 Å². The number of methoxy groups -OCH3 is 1. The molecule has 0 saturated heterocycles. The van der Waals surface area contributed by atoms with Crippen LogP contribution in [0.2, 0.25) is 0 Å². The summed E-state index contributed by atoms with van der Waals surface area (Å²) in [4.78, 5) is 12.3. The van der Waals surface area contributed by atoms with Gasteiger partial charge < -0.3 is 14.8 Å². The number of hydrogen-bond acceptors (Lipinski definition) is 3. The molecule has 1 atom stereocenters. The zero-order valence-corrected chi connectivity index (χ0v) is 14.4. The minimum atomic E-state index is -0.0475. The fourth-order valence-electron chi connectivity index (χ4n) is 2.25. The lowest BCUT2D eigenvalue weighted by atomic mass is 10.1. The quantitative estimate of drug-likeness (QED) is 0.755. The maximum atomic E-state index is 12.3. The molecule has 0 spiro atoms. The van der Waals surface area contributed by atoms with E-state index in [0.29, 0.717) is 24.7 Å². The molecule has 0 saturated carbocycles. The van der Waals surface area contributed by atoms with Gasteiger partial charge in [-0.1, -0.05) is 27.2 Å². The van der Waals surface area contributed by atoms with Crippen molar-refractivity contribution in [1.82, 2.24) is 5.32 Å². The van der Waals surface area contributed by atoms with Crippen LogP contribution < -0.4 is 10.1 Å². The fraction of sp³-hybridized carbons (Fsp3) is 0.611. The van der Waals surface area contributed by atoms with E-state index in [4.69, 9.17) is 9.47 Å². The van der Waals surface area contributed by atoms with Gasteiger partial charge in [-0.05, 0) is 37.5 Å². The Hall–Kier alpha value is -1.55. The number of hydrogen-bond donors (Lipinski definition) is 1. The van der Waals surface area contributed by atoms with Gasteiger partial charge in [0.2, 0.25) is 0 Å². The molecule has 124 valence electrons. The van der Waals surface area contributed by atoms with Gasteiger partial charge in [0.15, 0.2) is 0 Å². The van der Waals surface area contributed by atoms with Crippen molar-refractivity contribution in [3.8, 4) is 5.75 Å². The predicted octanol–water partition coefficient (Wildman–Crippen LogP) is 3.79. The molecule has 1 amide bonds. The molecule has 0 aliphatic rings. The molecule has 0 heterocycles. The summed E-state index contributed by atoms with van der Waals surface area (Å²) in [5.74, 6) is 1.18. The highest BCUT2D eigenvalue weighted by molar-refractivity contribution is 5.94. The highest BCUT2D eigenvalue weighted by Crippen LogP contribution is 2.21. The van der Waals surface area contributed by atoms with Gasteiger partial charge in [-0.3, -0.25) is 4.79 Å². The van der Waals surface area contributed by atoms with E-state index in [2.05, 4.69) is 26.1 Å². The molecule has 4 heteroatoms. The number of rotatable bonds is 9. The Labute approximate surface area is 134 Å². The summed E-state index contributed by atoms with van der Waals surface area (Å²) >= 11 is 0. The van der Waals surface area contributed by atoms with Crippen molar-refractivity contribution >= 4 is 5.91 Å². The number of amides is 1. The maximum Gasteiger partial charge on any atom is 0.251 e. The first-order chi connectivity index (χ1) is 10.5. The number of benzene rings is 1. The average Bonchev–Trinajstić information content (AvgIpc) is 2.46. The number of carbonyl (C=O) groups is 1. The first-order valence-electron chi connectivity index (χ1n) is 8.03. The summed E-state index contributed by atoms with van der Waals surface area (Å²) in [6.07, 6.45) is 2.03. The largest absolute Gasteiger partial charge is 0.496 e. The normalized spacial score (nSPS) is 12.3. The summed E-state index contributed by atoms with van der Waals surface area (Å²) < 4.78 is 11.0. The lowest BCUT2D eigenvalue weighted by molar-refractivity contribution is 0.0929. The Balaban J connectivity index is 2.77. The molecule has 1 N–H and O–H groups in total. The van der Waals surface area contributed by atoms with Crippen molar-refractivity contribution in [2.24, 2.45) is 5.92 Å². The molecule has 0 aromatic heterocycles. The van der Waals surface area contributed by atoms with Crippen LogP contribution in [0.5, 0.6) is 5.75 Å². The first-order valence-corrected chi connectivity index (χ1v) is 8.03. The van der Waals surface area contributed by atoms with Gasteiger partial charge in [0.05, 0.1) is 13.7 Å². The van der Waals surface area contributed by atoms with E-state index in [-0.39, 0.29) is 11.9 Å². The topological polar surface area (TPSA) is 47.6 Å². The smallest absolute Gasteiger partial charge is 0.251 e. The Morgan fingerprint density at radius 1 is 1.27 bits per heavy atom. The average molecular weight is 307 g/mol. The molecule has 1 rings (SSSR count). The lowest BCUT2D eigenvalue weighted by Gasteiger charge is -2.15. The third kappa shape index (κ3) is 6.06. The van der Waals surface area contributed by atoms with E-state index >= 15 is 0 Å². The molecular formula is C18H29NO3. The van der Waals surface area contributed by atoms with Gasteiger partial charge in [0.25, 0.3) is 5.91 Å². The van der Waals surface area contributed by atoms with Crippen LogP contribution in [-0.4, -0.2) is 25.7 Å². The van der Waals surface area contributed by atoms with Crippen LogP contribution in [-0.2, 0) is 11.3 Å². The van der Waals surface area contributed by atoms with Crippen LogP contribution >= 0.6 is 0 Å². The minimum absolute atomic E-state index is 0.0475. The van der Waals surface area contributed by atoms with Crippen LogP contribution in [0.25, 0.3) is 0 Å². The molecule has 0 unspecified atom stereocenters. The van der Waals surface area contributed by atoms with Crippen molar-refractivity contribution in [1.29, 1.82) is 0 Å². The molecule has 22 heavy (non-hydrogen) atoms. The van der Waals surface area contributed by atoms with Crippen molar-refractivity contribution in [2.45, 2.75) is 53.2 Å². The van der Waals surface area contributed by atoms with Crippen molar-refractivity contribution in [3.05, 3.63) is 29.3 Å². The van der Waals surface area contributed by atoms with E-state index in [1.165, 1.54) is 0 Å². The second kappa shape index (κ2) is 9.46. The van der Waals surface area contributed by atoms with E-state index < -0.39 is 0 Å². The Kier molecular flexibility index (Phi) is 7.96. The van der Waals surface area contributed by atoms with E-state index in [9.17, 15) is 4.79 Å². The highest BCUT2D eigenvalue weighted by atomic mass is 16.5. The monoisotopic (exact) mass is 307 g/mol. The van der Waals surface area contributed by atoms with E-state index in [0.717, 1.165) is 24.2 Å². The summed E-state index contributed by atoms with van der Waals surface area (Å²) in [5.41, 5.74) is 1.55. The van der Waals surface area contributed by atoms with Gasteiger partial charge >= 0.3 is 0 Å². The summed E-state index contributed by atoms with van der Waals surface area (Å²) in [5, 5.41) is 3.02. The zero-order chi connectivity index (χ0) is 16.5. The Morgan fingerprint density at radius 3 is 2.59 bits per heavy atom. The lowest BCUT2D eigenvalue weighted by Crippen LogP contribution is -2.32. The molecule has 0 fully saturated rings. The maximum absolute atomic E-state index is 12.3. The van der Waals surface area contributed by atoms with Gasteiger partial charge in [-0.2, -0.15) is 0 Å². The minimum Gasteiger partial charge on any atom is -0.496 e. The summed E-state index contributed by atoms with van der Waals surface area (Å²) in [6.45, 7) is 9.49. The Morgan fingerprint density at radius 2 is 2.00 bits per heavy atom. The number of nitrogens with one attached hydrogen (secondary N) is 1. The highest BCUT2D eigenvalue weighted by Gasteiger charge is 2.12. The molecular weight excluding hydrogens is 278 g/mol. The van der Waals surface area contributed by atoms with E-state index in [1.807, 2.05) is 19.1 Å².